The fourth-order valence-corrected chi connectivity index (χ4v) is 12.4. The maximum Gasteiger partial charge on any atom is 0.305 e. The van der Waals surface area contributed by atoms with Crippen LogP contribution in [0.1, 0.15) is 438 Å². The highest BCUT2D eigenvalue weighted by molar-refractivity contribution is 5.76. The van der Waals surface area contributed by atoms with Crippen LogP contribution in [0, 0.1) is 0 Å². The first kappa shape index (κ1) is 84.1. The van der Waals surface area contributed by atoms with Crippen molar-refractivity contribution in [3.05, 3.63) is 36.5 Å². The maximum absolute atomic E-state index is 12.6. The Bertz CT molecular complexity index is 1390. The van der Waals surface area contributed by atoms with E-state index in [9.17, 15) is 19.8 Å². The Balaban J connectivity index is 3.37. The maximum atomic E-state index is 12.6. The van der Waals surface area contributed by atoms with Crippen molar-refractivity contribution in [3.8, 4) is 0 Å². The summed E-state index contributed by atoms with van der Waals surface area (Å²) in [7, 11) is 0. The molecule has 86 heavy (non-hydrogen) atoms. The van der Waals surface area contributed by atoms with Gasteiger partial charge in [-0.25, -0.2) is 0 Å². The van der Waals surface area contributed by atoms with Gasteiger partial charge >= 0.3 is 5.97 Å². The summed E-state index contributed by atoms with van der Waals surface area (Å²) in [5, 5.41) is 23.3. The van der Waals surface area contributed by atoms with Crippen molar-refractivity contribution in [2.75, 3.05) is 13.2 Å². The molecule has 0 aliphatic heterocycles. The third-order valence-electron chi connectivity index (χ3n) is 18.4. The van der Waals surface area contributed by atoms with Crippen molar-refractivity contribution >= 4 is 11.9 Å². The zero-order valence-corrected chi connectivity index (χ0v) is 58.3. The van der Waals surface area contributed by atoms with Gasteiger partial charge in [0.2, 0.25) is 5.91 Å². The highest BCUT2D eigenvalue weighted by Gasteiger charge is 2.18. The van der Waals surface area contributed by atoms with Crippen molar-refractivity contribution in [2.24, 2.45) is 0 Å². The Hall–Kier alpha value is -1.92. The predicted octanol–water partition coefficient (Wildman–Crippen LogP) is 25.8. The summed E-state index contributed by atoms with van der Waals surface area (Å²) < 4.78 is 5.51. The lowest BCUT2D eigenvalue weighted by molar-refractivity contribution is -0.143. The van der Waals surface area contributed by atoms with E-state index in [4.69, 9.17) is 4.74 Å². The van der Waals surface area contributed by atoms with Gasteiger partial charge in [0.05, 0.1) is 25.4 Å². The van der Waals surface area contributed by atoms with Crippen molar-refractivity contribution in [1.29, 1.82) is 0 Å². The van der Waals surface area contributed by atoms with Gasteiger partial charge in [0, 0.05) is 12.8 Å². The number of hydrogen-bond donors (Lipinski definition) is 3. The second-order valence-electron chi connectivity index (χ2n) is 27.0. The first-order valence-corrected chi connectivity index (χ1v) is 39.3. The van der Waals surface area contributed by atoms with Crippen LogP contribution in [0.2, 0.25) is 0 Å². The second kappa shape index (κ2) is 75.5. The van der Waals surface area contributed by atoms with Crippen LogP contribution in [0.25, 0.3) is 0 Å². The van der Waals surface area contributed by atoms with E-state index < -0.39 is 12.1 Å². The normalized spacial score (nSPS) is 12.7. The van der Waals surface area contributed by atoms with Crippen molar-refractivity contribution in [2.45, 2.75) is 450 Å². The molecule has 0 aromatic rings. The summed E-state index contributed by atoms with van der Waals surface area (Å²) in [5.41, 5.74) is 0. The van der Waals surface area contributed by atoms with E-state index in [2.05, 4.69) is 43.5 Å². The molecule has 0 radical (unpaired) electrons. The van der Waals surface area contributed by atoms with Crippen molar-refractivity contribution in [1.82, 2.24) is 5.32 Å². The minimum atomic E-state index is -0.844. The summed E-state index contributed by atoms with van der Waals surface area (Å²) in [5.74, 6) is -0.0482. The largest absolute Gasteiger partial charge is 0.466 e. The first-order valence-electron chi connectivity index (χ1n) is 39.3. The number of esters is 1. The SMILES string of the molecule is CCCCCC/C=C\C/C=C\CCCCCCCCCC(=O)OCCCCCCCCCCCCCCCCCCCCCCCCCCCCCCC(=O)NC(CO)C(O)/C=C/CCCCCCCCCCCCCCCCCCCCCCC. The number of nitrogens with one attached hydrogen (secondary N) is 1. The quantitative estimate of drug-likeness (QED) is 0.0320. The van der Waals surface area contributed by atoms with Gasteiger partial charge in [0.15, 0.2) is 0 Å². The molecular weight excluding hydrogens is 1050 g/mol. The summed E-state index contributed by atoms with van der Waals surface area (Å²) in [6, 6.07) is -0.627. The molecule has 0 spiro atoms. The molecule has 508 valence electrons. The molecule has 0 saturated heterocycles. The molecule has 6 heteroatoms. The average molecular weight is 1210 g/mol. The Labute approximate surface area is 538 Å². The van der Waals surface area contributed by atoms with Gasteiger partial charge in [0.25, 0.3) is 0 Å². The van der Waals surface area contributed by atoms with Gasteiger partial charge in [-0.15, -0.1) is 0 Å². The van der Waals surface area contributed by atoms with E-state index in [1.807, 2.05) is 6.08 Å². The minimum Gasteiger partial charge on any atom is -0.466 e. The Kier molecular flexibility index (Phi) is 73.9. The van der Waals surface area contributed by atoms with E-state index in [0.717, 1.165) is 51.4 Å². The summed E-state index contributed by atoms with van der Waals surface area (Å²) in [6.45, 7) is 4.93. The predicted molar refractivity (Wildman–Crippen MR) is 379 cm³/mol. The van der Waals surface area contributed by atoms with Crippen molar-refractivity contribution in [3.63, 3.8) is 0 Å². The molecule has 0 aliphatic rings. The van der Waals surface area contributed by atoms with Crippen LogP contribution in [-0.2, 0) is 14.3 Å². The lowest BCUT2D eigenvalue weighted by Crippen LogP contribution is -2.45. The molecule has 0 fully saturated rings. The standard InChI is InChI=1S/C80H153NO5/c1-3-5-7-9-11-13-15-17-19-21-23-24-31-34-37-40-44-48-52-56-60-64-68-72-78(83)77(76-82)81-79(84)73-69-65-61-57-53-49-45-41-38-35-32-29-27-25-26-28-30-33-36-39-43-47-51-55-59-63-67-71-75-86-80(85)74-70-66-62-58-54-50-46-42-22-20-18-16-14-12-10-8-6-4-2/h14,16,20,22,68,72,77-78,82-83H,3-13,15,17-19,21,23-67,69-71,73-76H2,1-2H3,(H,81,84)/b16-14-,22-20-,72-68+. The number of ether oxygens (including phenoxy) is 1. The van der Waals surface area contributed by atoms with Crippen LogP contribution in [0.5, 0.6) is 0 Å². The molecule has 1 amide bonds. The number of unbranched alkanes of at least 4 members (excludes halogenated alkanes) is 59. The van der Waals surface area contributed by atoms with E-state index in [1.54, 1.807) is 6.08 Å². The number of carbonyl (C=O) groups excluding carboxylic acids is 2. The molecule has 0 rings (SSSR count). The number of aliphatic hydroxyl groups is 2. The monoisotopic (exact) mass is 1210 g/mol. The molecule has 0 bridgehead atoms. The Morgan fingerprint density at radius 2 is 0.581 bits per heavy atom. The number of aliphatic hydroxyl groups excluding tert-OH is 2. The van der Waals surface area contributed by atoms with E-state index in [-0.39, 0.29) is 18.5 Å². The molecular formula is C80H153NO5. The van der Waals surface area contributed by atoms with E-state index >= 15 is 0 Å². The molecule has 2 atom stereocenters. The topological polar surface area (TPSA) is 95.9 Å². The number of amides is 1. The molecule has 0 aromatic carbocycles. The van der Waals surface area contributed by atoms with Gasteiger partial charge in [-0.05, 0) is 64.2 Å². The van der Waals surface area contributed by atoms with Crippen LogP contribution >= 0.6 is 0 Å². The zero-order chi connectivity index (χ0) is 62.0. The molecule has 0 heterocycles. The lowest BCUT2D eigenvalue weighted by Gasteiger charge is -2.20. The third kappa shape index (κ3) is 71.2. The highest BCUT2D eigenvalue weighted by Crippen LogP contribution is 2.20. The van der Waals surface area contributed by atoms with Crippen LogP contribution < -0.4 is 5.32 Å². The van der Waals surface area contributed by atoms with Crippen LogP contribution in [0.15, 0.2) is 36.5 Å². The van der Waals surface area contributed by atoms with Gasteiger partial charge < -0.3 is 20.3 Å². The number of hydrogen-bond acceptors (Lipinski definition) is 5. The lowest BCUT2D eigenvalue weighted by atomic mass is 10.0. The molecule has 0 saturated carbocycles. The molecule has 3 N–H and O–H groups in total. The molecule has 6 nitrogen and oxygen atoms in total. The second-order valence-corrected chi connectivity index (χ2v) is 27.0. The van der Waals surface area contributed by atoms with Gasteiger partial charge in [-0.2, -0.15) is 0 Å². The minimum absolute atomic E-state index is 0.0119. The molecule has 2 unspecified atom stereocenters. The number of allylic oxidation sites excluding steroid dienone is 5. The summed E-state index contributed by atoms with van der Waals surface area (Å²) >= 11 is 0. The Morgan fingerprint density at radius 3 is 0.895 bits per heavy atom. The van der Waals surface area contributed by atoms with Gasteiger partial charge in [-0.1, -0.05) is 397 Å². The van der Waals surface area contributed by atoms with Crippen LogP contribution in [0.3, 0.4) is 0 Å². The summed E-state index contributed by atoms with van der Waals surface area (Å²) in [6.07, 6.45) is 98.3. The van der Waals surface area contributed by atoms with Crippen LogP contribution in [-0.4, -0.2) is 47.4 Å². The average Bonchev–Trinajstić information content (AvgIpc) is 3.54. The smallest absolute Gasteiger partial charge is 0.305 e. The van der Waals surface area contributed by atoms with Gasteiger partial charge in [-0.3, -0.25) is 9.59 Å². The zero-order valence-electron chi connectivity index (χ0n) is 58.3. The summed E-state index contributed by atoms with van der Waals surface area (Å²) in [4.78, 5) is 24.7. The number of carbonyl (C=O) groups is 2. The first-order chi connectivity index (χ1) is 42.5. The molecule has 0 aliphatic carbocycles. The Morgan fingerprint density at radius 1 is 0.326 bits per heavy atom. The van der Waals surface area contributed by atoms with E-state index in [0.29, 0.717) is 19.4 Å². The fraction of sp³-hybridized carbons (Fsp3) is 0.900. The third-order valence-corrected chi connectivity index (χ3v) is 18.4. The molecule has 0 aromatic heterocycles. The number of rotatable bonds is 74. The van der Waals surface area contributed by atoms with E-state index in [1.165, 1.54) is 360 Å². The van der Waals surface area contributed by atoms with Crippen molar-refractivity contribution < 1.29 is 24.5 Å². The van der Waals surface area contributed by atoms with Gasteiger partial charge in [0.1, 0.15) is 0 Å². The van der Waals surface area contributed by atoms with Crippen LogP contribution in [0.4, 0.5) is 0 Å². The fourth-order valence-electron chi connectivity index (χ4n) is 12.4. The highest BCUT2D eigenvalue weighted by atomic mass is 16.5.